The summed E-state index contributed by atoms with van der Waals surface area (Å²) in [6.07, 6.45) is 78.1. The molecule has 6 nitrogen and oxygen atoms in total. The number of hydrogen-bond acceptors (Lipinski definition) is 6. The van der Waals surface area contributed by atoms with E-state index in [-0.39, 0.29) is 50.4 Å². The van der Waals surface area contributed by atoms with Crippen LogP contribution in [0.15, 0.2) is 158 Å². The Kier molecular flexibility index (Phi) is 49.7. The standard InChI is InChI=1S/C61H92O6/c1-4-7-10-13-16-19-22-25-28-30-33-35-38-41-44-47-50-53-59(62)65-56-58(67-61(64)55-52-49-46-43-40-37-32-27-24-21-18-15-12-9-6-3)57-66-60(63)54-51-48-45-42-39-36-34-31-29-26-23-20-17-14-11-8-5-2/h7,9-10,12,16-21,25-29,32-36,40-45,58H,4-6,8,11,13-15,22-24,30-31,37-39,46-57H2,1-3H3/b10-7-,12-9-,19-16-,20-17-,21-18-,28-25-,29-26-,32-27-,35-33-,36-34-,43-40-,44-41-,45-42-/t58-/m1/s1. The minimum Gasteiger partial charge on any atom is -0.462 e. The van der Waals surface area contributed by atoms with Crippen molar-refractivity contribution in [1.29, 1.82) is 0 Å². The Labute approximate surface area is 409 Å². The maximum Gasteiger partial charge on any atom is 0.306 e. The average molecular weight is 921 g/mol. The molecule has 0 fully saturated rings. The number of carbonyl (C=O) groups is 3. The van der Waals surface area contributed by atoms with Crippen LogP contribution in [0.3, 0.4) is 0 Å². The summed E-state index contributed by atoms with van der Waals surface area (Å²) in [5, 5.41) is 0. The summed E-state index contributed by atoms with van der Waals surface area (Å²) in [6.45, 7) is 6.22. The summed E-state index contributed by atoms with van der Waals surface area (Å²) in [7, 11) is 0. The average Bonchev–Trinajstić information content (AvgIpc) is 3.33. The van der Waals surface area contributed by atoms with E-state index in [0.717, 1.165) is 103 Å². The van der Waals surface area contributed by atoms with E-state index in [2.05, 4.69) is 179 Å². The van der Waals surface area contributed by atoms with E-state index in [9.17, 15) is 14.4 Å². The molecule has 0 bridgehead atoms. The smallest absolute Gasteiger partial charge is 0.306 e. The van der Waals surface area contributed by atoms with Crippen LogP contribution < -0.4 is 0 Å². The van der Waals surface area contributed by atoms with Gasteiger partial charge in [-0.3, -0.25) is 14.4 Å². The van der Waals surface area contributed by atoms with Crippen molar-refractivity contribution >= 4 is 17.9 Å². The molecular formula is C61H92O6. The first-order valence-electron chi connectivity index (χ1n) is 26.0. The normalized spacial score (nSPS) is 13.4. The number of carbonyl (C=O) groups excluding carboxylic acids is 3. The van der Waals surface area contributed by atoms with Gasteiger partial charge in [0.15, 0.2) is 6.10 Å². The SMILES string of the molecule is CC/C=C\C/C=C\C/C=C\C/C=C\C/C=C\CCCC(=O)OC[C@H](COC(=O)CCC/C=C\C/C=C\C/C=C\C/C=C\CCCCC)OC(=O)CCCC/C=C\C/C=C\C/C=C\C/C=C\CC. The summed E-state index contributed by atoms with van der Waals surface area (Å²) in [5.74, 6) is -1.11. The predicted octanol–water partition coefficient (Wildman–Crippen LogP) is 17.4. The van der Waals surface area contributed by atoms with Gasteiger partial charge in [-0.15, -0.1) is 0 Å². The van der Waals surface area contributed by atoms with Gasteiger partial charge in [-0.1, -0.05) is 192 Å². The summed E-state index contributed by atoms with van der Waals surface area (Å²) in [6, 6.07) is 0. The van der Waals surface area contributed by atoms with Crippen molar-refractivity contribution in [2.24, 2.45) is 0 Å². The van der Waals surface area contributed by atoms with Crippen molar-refractivity contribution in [3.05, 3.63) is 158 Å². The van der Waals surface area contributed by atoms with Gasteiger partial charge in [-0.25, -0.2) is 0 Å². The fourth-order valence-corrected chi connectivity index (χ4v) is 6.16. The van der Waals surface area contributed by atoms with Gasteiger partial charge >= 0.3 is 17.9 Å². The van der Waals surface area contributed by atoms with Crippen molar-refractivity contribution < 1.29 is 28.6 Å². The van der Waals surface area contributed by atoms with Crippen LogP contribution in [0.5, 0.6) is 0 Å². The highest BCUT2D eigenvalue weighted by Crippen LogP contribution is 2.09. The molecule has 0 aromatic heterocycles. The van der Waals surface area contributed by atoms with Crippen LogP contribution in [0, 0.1) is 0 Å². The van der Waals surface area contributed by atoms with Gasteiger partial charge in [-0.05, 0) is 135 Å². The highest BCUT2D eigenvalue weighted by atomic mass is 16.6. The molecule has 0 radical (unpaired) electrons. The van der Waals surface area contributed by atoms with Crippen molar-refractivity contribution in [3.8, 4) is 0 Å². The number of hydrogen-bond donors (Lipinski definition) is 0. The highest BCUT2D eigenvalue weighted by molar-refractivity contribution is 5.71. The van der Waals surface area contributed by atoms with Crippen LogP contribution in [0.2, 0.25) is 0 Å². The van der Waals surface area contributed by atoms with E-state index >= 15 is 0 Å². The Morgan fingerprint density at radius 3 is 0.896 bits per heavy atom. The zero-order valence-corrected chi connectivity index (χ0v) is 42.3. The van der Waals surface area contributed by atoms with Crippen LogP contribution in [0.25, 0.3) is 0 Å². The second-order valence-corrected chi connectivity index (χ2v) is 16.3. The summed E-state index contributed by atoms with van der Waals surface area (Å²) in [4.78, 5) is 38.0. The maximum absolute atomic E-state index is 12.8. The third-order valence-corrected chi connectivity index (χ3v) is 10.00. The Balaban J connectivity index is 4.67. The Bertz CT molecular complexity index is 1570. The van der Waals surface area contributed by atoms with Crippen molar-refractivity contribution in [1.82, 2.24) is 0 Å². The molecule has 0 saturated heterocycles. The molecule has 0 aliphatic heterocycles. The molecular weight excluding hydrogens is 829 g/mol. The molecule has 372 valence electrons. The number of ether oxygens (including phenoxy) is 3. The fourth-order valence-electron chi connectivity index (χ4n) is 6.16. The first-order valence-corrected chi connectivity index (χ1v) is 26.0. The van der Waals surface area contributed by atoms with E-state index in [4.69, 9.17) is 14.2 Å². The first kappa shape index (κ1) is 62.0. The molecule has 0 unspecified atom stereocenters. The number of allylic oxidation sites excluding steroid dienone is 26. The van der Waals surface area contributed by atoms with Crippen LogP contribution in [0.4, 0.5) is 0 Å². The van der Waals surface area contributed by atoms with E-state index in [0.29, 0.717) is 19.3 Å². The Morgan fingerprint density at radius 1 is 0.313 bits per heavy atom. The van der Waals surface area contributed by atoms with Gasteiger partial charge in [0.2, 0.25) is 0 Å². The van der Waals surface area contributed by atoms with Gasteiger partial charge in [0.25, 0.3) is 0 Å². The molecule has 0 heterocycles. The first-order chi connectivity index (χ1) is 33.0. The van der Waals surface area contributed by atoms with Gasteiger partial charge < -0.3 is 14.2 Å². The van der Waals surface area contributed by atoms with Gasteiger partial charge in [-0.2, -0.15) is 0 Å². The van der Waals surface area contributed by atoms with Gasteiger partial charge in [0.05, 0.1) is 0 Å². The number of rotatable bonds is 44. The lowest BCUT2D eigenvalue weighted by atomic mass is 10.2. The molecule has 0 aliphatic carbocycles. The second-order valence-electron chi connectivity index (χ2n) is 16.3. The molecule has 6 heteroatoms. The molecule has 0 saturated carbocycles. The van der Waals surface area contributed by atoms with E-state index in [1.54, 1.807) is 0 Å². The maximum atomic E-state index is 12.8. The van der Waals surface area contributed by atoms with E-state index in [1.165, 1.54) is 25.7 Å². The van der Waals surface area contributed by atoms with Crippen LogP contribution in [-0.2, 0) is 28.6 Å². The summed E-state index contributed by atoms with van der Waals surface area (Å²) in [5.41, 5.74) is 0. The lowest BCUT2D eigenvalue weighted by molar-refractivity contribution is -0.167. The second kappa shape index (κ2) is 53.6. The van der Waals surface area contributed by atoms with E-state index in [1.807, 2.05) is 0 Å². The number of unbranched alkanes of at least 4 members (excludes halogenated alkanes) is 7. The Hall–Kier alpha value is -4.97. The third kappa shape index (κ3) is 51.9. The summed E-state index contributed by atoms with van der Waals surface area (Å²) < 4.78 is 16.7. The zero-order valence-electron chi connectivity index (χ0n) is 42.3. The lowest BCUT2D eigenvalue weighted by Gasteiger charge is -2.18. The zero-order chi connectivity index (χ0) is 48.6. The van der Waals surface area contributed by atoms with Crippen LogP contribution in [-0.4, -0.2) is 37.2 Å². The third-order valence-electron chi connectivity index (χ3n) is 10.00. The van der Waals surface area contributed by atoms with Crippen molar-refractivity contribution in [2.45, 2.75) is 194 Å². The molecule has 0 amide bonds. The molecule has 0 aromatic rings. The molecule has 0 rings (SSSR count). The van der Waals surface area contributed by atoms with Crippen molar-refractivity contribution in [2.75, 3.05) is 13.2 Å². The monoisotopic (exact) mass is 921 g/mol. The molecule has 0 aromatic carbocycles. The minimum absolute atomic E-state index is 0.149. The molecule has 0 aliphatic rings. The quantitative estimate of drug-likeness (QED) is 0.0262. The van der Waals surface area contributed by atoms with Crippen molar-refractivity contribution in [3.63, 3.8) is 0 Å². The molecule has 67 heavy (non-hydrogen) atoms. The molecule has 0 N–H and O–H groups in total. The Morgan fingerprint density at radius 2 is 0.582 bits per heavy atom. The van der Waals surface area contributed by atoms with E-state index < -0.39 is 6.10 Å². The molecule has 1 atom stereocenters. The highest BCUT2D eigenvalue weighted by Gasteiger charge is 2.19. The number of esters is 3. The van der Waals surface area contributed by atoms with Gasteiger partial charge in [0, 0.05) is 19.3 Å². The van der Waals surface area contributed by atoms with Crippen LogP contribution in [0.1, 0.15) is 188 Å². The summed E-state index contributed by atoms with van der Waals surface area (Å²) >= 11 is 0. The topological polar surface area (TPSA) is 78.9 Å². The predicted molar refractivity (Wildman–Crippen MR) is 288 cm³/mol. The van der Waals surface area contributed by atoms with Gasteiger partial charge in [0.1, 0.15) is 13.2 Å². The lowest BCUT2D eigenvalue weighted by Crippen LogP contribution is -2.30. The van der Waals surface area contributed by atoms with Crippen LogP contribution >= 0.6 is 0 Å². The largest absolute Gasteiger partial charge is 0.462 e. The molecule has 0 spiro atoms. The minimum atomic E-state index is -0.853. The fraction of sp³-hybridized carbons (Fsp3) is 0.525.